The average Bonchev–Trinajstić information content (AvgIpc) is 2.65. The highest BCUT2D eigenvalue weighted by atomic mass is 16.5. The van der Waals surface area contributed by atoms with E-state index in [2.05, 4.69) is 10.2 Å². The van der Waals surface area contributed by atoms with Crippen LogP contribution in [-0.4, -0.2) is 16.2 Å². The molecular weight excluding hydrogens is 208 g/mol. The lowest BCUT2D eigenvalue weighted by Crippen LogP contribution is -2.02. The van der Waals surface area contributed by atoms with Crippen LogP contribution in [0.25, 0.3) is 11.5 Å². The summed E-state index contributed by atoms with van der Waals surface area (Å²) in [6, 6.07) is 7.01. The molecule has 0 N–H and O–H groups in total. The van der Waals surface area contributed by atoms with E-state index in [-0.39, 0.29) is 5.97 Å². The van der Waals surface area contributed by atoms with Crippen LogP contribution in [0.5, 0.6) is 5.75 Å². The van der Waals surface area contributed by atoms with Crippen molar-refractivity contribution in [2.75, 3.05) is 0 Å². The first kappa shape index (κ1) is 10.4. The van der Waals surface area contributed by atoms with Gasteiger partial charge in [-0.1, -0.05) is 12.1 Å². The van der Waals surface area contributed by atoms with Gasteiger partial charge in [0, 0.05) is 13.8 Å². The second-order valence-electron chi connectivity index (χ2n) is 3.22. The first-order valence-electron chi connectivity index (χ1n) is 4.75. The van der Waals surface area contributed by atoms with Gasteiger partial charge in [0.05, 0.1) is 5.56 Å². The van der Waals surface area contributed by atoms with Gasteiger partial charge < -0.3 is 9.15 Å². The van der Waals surface area contributed by atoms with Crippen LogP contribution in [0, 0.1) is 6.92 Å². The zero-order valence-corrected chi connectivity index (χ0v) is 8.93. The Morgan fingerprint density at radius 2 is 2.06 bits per heavy atom. The summed E-state index contributed by atoms with van der Waals surface area (Å²) in [6.07, 6.45) is 0. The van der Waals surface area contributed by atoms with Crippen LogP contribution >= 0.6 is 0 Å². The number of para-hydroxylation sites is 1. The maximum Gasteiger partial charge on any atom is 0.308 e. The third-order valence-corrected chi connectivity index (χ3v) is 1.90. The summed E-state index contributed by atoms with van der Waals surface area (Å²) < 4.78 is 10.3. The molecule has 0 saturated carbocycles. The number of esters is 1. The molecule has 5 nitrogen and oxygen atoms in total. The zero-order valence-electron chi connectivity index (χ0n) is 8.93. The van der Waals surface area contributed by atoms with Gasteiger partial charge in [0.15, 0.2) is 0 Å². The summed E-state index contributed by atoms with van der Waals surface area (Å²) in [5.41, 5.74) is 0.610. The second kappa shape index (κ2) is 4.14. The Bertz CT molecular complexity index is 519. The smallest absolute Gasteiger partial charge is 0.308 e. The highest BCUT2D eigenvalue weighted by Gasteiger charge is 2.12. The van der Waals surface area contributed by atoms with E-state index in [9.17, 15) is 4.79 Å². The minimum Gasteiger partial charge on any atom is -0.426 e. The summed E-state index contributed by atoms with van der Waals surface area (Å²) in [7, 11) is 0. The van der Waals surface area contributed by atoms with Gasteiger partial charge in [-0.05, 0) is 12.1 Å². The Morgan fingerprint density at radius 1 is 1.31 bits per heavy atom. The van der Waals surface area contributed by atoms with E-state index in [1.165, 1.54) is 6.92 Å². The van der Waals surface area contributed by atoms with Gasteiger partial charge in [0.1, 0.15) is 5.75 Å². The summed E-state index contributed by atoms with van der Waals surface area (Å²) in [5.74, 6) is 0.837. The van der Waals surface area contributed by atoms with E-state index in [0.29, 0.717) is 23.1 Å². The third kappa shape index (κ3) is 2.08. The third-order valence-electron chi connectivity index (χ3n) is 1.90. The molecule has 2 rings (SSSR count). The topological polar surface area (TPSA) is 65.2 Å². The molecule has 0 aliphatic rings. The lowest BCUT2D eigenvalue weighted by Gasteiger charge is -2.04. The Morgan fingerprint density at radius 3 is 2.69 bits per heavy atom. The van der Waals surface area contributed by atoms with Gasteiger partial charge in [-0.15, -0.1) is 10.2 Å². The number of benzene rings is 1. The minimum atomic E-state index is -0.385. The van der Waals surface area contributed by atoms with Crippen molar-refractivity contribution in [3.8, 4) is 17.2 Å². The molecule has 0 atom stereocenters. The molecule has 0 saturated heterocycles. The molecule has 1 aromatic carbocycles. The molecule has 0 amide bonds. The van der Waals surface area contributed by atoms with E-state index in [1.54, 1.807) is 25.1 Å². The van der Waals surface area contributed by atoms with Crippen LogP contribution in [0.1, 0.15) is 12.8 Å². The normalized spacial score (nSPS) is 10.1. The fourth-order valence-electron chi connectivity index (χ4n) is 1.29. The number of ether oxygens (including phenoxy) is 1. The van der Waals surface area contributed by atoms with Gasteiger partial charge in [-0.3, -0.25) is 4.79 Å². The van der Waals surface area contributed by atoms with Gasteiger partial charge in [0.25, 0.3) is 5.89 Å². The van der Waals surface area contributed by atoms with Gasteiger partial charge in [-0.25, -0.2) is 0 Å². The van der Waals surface area contributed by atoms with Crippen molar-refractivity contribution in [1.29, 1.82) is 0 Å². The van der Waals surface area contributed by atoms with Gasteiger partial charge >= 0.3 is 5.97 Å². The van der Waals surface area contributed by atoms with Crippen LogP contribution in [0.4, 0.5) is 0 Å². The number of aryl methyl sites for hydroxylation is 1. The molecular formula is C11H10N2O3. The van der Waals surface area contributed by atoms with Crippen molar-refractivity contribution in [1.82, 2.24) is 10.2 Å². The molecule has 0 radical (unpaired) electrons. The Labute approximate surface area is 92.1 Å². The number of nitrogens with zero attached hydrogens (tertiary/aromatic N) is 2. The summed E-state index contributed by atoms with van der Waals surface area (Å²) in [4.78, 5) is 10.9. The zero-order chi connectivity index (χ0) is 11.5. The van der Waals surface area contributed by atoms with Crippen LogP contribution in [0.15, 0.2) is 28.7 Å². The molecule has 82 valence electrons. The van der Waals surface area contributed by atoms with Crippen molar-refractivity contribution in [2.24, 2.45) is 0 Å². The first-order chi connectivity index (χ1) is 7.66. The fraction of sp³-hybridized carbons (Fsp3) is 0.182. The van der Waals surface area contributed by atoms with E-state index >= 15 is 0 Å². The molecule has 1 aromatic heterocycles. The predicted molar refractivity (Wildman–Crippen MR) is 55.8 cm³/mol. The number of rotatable bonds is 2. The Balaban J connectivity index is 2.43. The van der Waals surface area contributed by atoms with Crippen LogP contribution in [0.3, 0.4) is 0 Å². The maximum atomic E-state index is 10.9. The molecule has 0 aliphatic heterocycles. The highest BCUT2D eigenvalue weighted by molar-refractivity contribution is 5.73. The lowest BCUT2D eigenvalue weighted by molar-refractivity contribution is -0.131. The Kier molecular flexibility index (Phi) is 2.68. The average molecular weight is 218 g/mol. The SMILES string of the molecule is CC(=O)Oc1ccccc1-c1nnc(C)o1. The molecule has 2 aromatic rings. The number of hydrogen-bond acceptors (Lipinski definition) is 5. The van der Waals surface area contributed by atoms with Crippen molar-refractivity contribution >= 4 is 5.97 Å². The van der Waals surface area contributed by atoms with Crippen molar-refractivity contribution in [3.05, 3.63) is 30.2 Å². The molecule has 0 bridgehead atoms. The van der Waals surface area contributed by atoms with Crippen molar-refractivity contribution in [2.45, 2.75) is 13.8 Å². The predicted octanol–water partition coefficient (Wildman–Crippen LogP) is 1.97. The molecule has 1 heterocycles. The number of hydrogen-bond donors (Lipinski definition) is 0. The van der Waals surface area contributed by atoms with E-state index in [1.807, 2.05) is 6.07 Å². The van der Waals surface area contributed by atoms with Gasteiger partial charge in [0.2, 0.25) is 5.89 Å². The monoisotopic (exact) mass is 218 g/mol. The van der Waals surface area contributed by atoms with Crippen molar-refractivity contribution < 1.29 is 13.9 Å². The van der Waals surface area contributed by atoms with E-state index in [0.717, 1.165) is 0 Å². The maximum absolute atomic E-state index is 10.9. The van der Waals surface area contributed by atoms with Crippen LogP contribution in [-0.2, 0) is 4.79 Å². The second-order valence-corrected chi connectivity index (χ2v) is 3.22. The number of aromatic nitrogens is 2. The number of carbonyl (C=O) groups is 1. The lowest BCUT2D eigenvalue weighted by atomic mass is 10.2. The summed E-state index contributed by atoms with van der Waals surface area (Å²) in [6.45, 7) is 3.04. The molecule has 0 spiro atoms. The molecule has 0 aliphatic carbocycles. The molecule has 0 unspecified atom stereocenters. The molecule has 16 heavy (non-hydrogen) atoms. The summed E-state index contributed by atoms with van der Waals surface area (Å²) in [5, 5.41) is 7.60. The van der Waals surface area contributed by atoms with Crippen LogP contribution < -0.4 is 4.74 Å². The van der Waals surface area contributed by atoms with Crippen molar-refractivity contribution in [3.63, 3.8) is 0 Å². The van der Waals surface area contributed by atoms with Crippen LogP contribution in [0.2, 0.25) is 0 Å². The Hall–Kier alpha value is -2.17. The quantitative estimate of drug-likeness (QED) is 0.569. The highest BCUT2D eigenvalue weighted by Crippen LogP contribution is 2.28. The van der Waals surface area contributed by atoms with E-state index in [4.69, 9.17) is 9.15 Å². The molecule has 5 heteroatoms. The van der Waals surface area contributed by atoms with E-state index < -0.39 is 0 Å². The largest absolute Gasteiger partial charge is 0.426 e. The minimum absolute atomic E-state index is 0.342. The standard InChI is InChI=1S/C11H10N2O3/c1-7-12-13-11(15-7)9-5-3-4-6-10(9)16-8(2)14/h3-6H,1-2H3. The first-order valence-corrected chi connectivity index (χ1v) is 4.75. The van der Waals surface area contributed by atoms with Gasteiger partial charge in [-0.2, -0.15) is 0 Å². The molecule has 0 fully saturated rings. The fourth-order valence-corrected chi connectivity index (χ4v) is 1.29. The number of carbonyl (C=O) groups excluding carboxylic acids is 1. The summed E-state index contributed by atoms with van der Waals surface area (Å²) >= 11 is 0.